The molecule has 1 aliphatic heterocycles. The second kappa shape index (κ2) is 6.11. The zero-order chi connectivity index (χ0) is 18.3. The highest BCUT2D eigenvalue weighted by Gasteiger charge is 2.31. The summed E-state index contributed by atoms with van der Waals surface area (Å²) in [6, 6.07) is 13.9. The summed E-state index contributed by atoms with van der Waals surface area (Å²) in [4.78, 5) is 29.4. The Kier molecular flexibility index (Phi) is 3.76. The minimum Gasteiger partial charge on any atom is -0.431 e. The Labute approximate surface area is 149 Å². The van der Waals surface area contributed by atoms with Crippen LogP contribution in [0.1, 0.15) is 21.8 Å². The average Bonchev–Trinajstić information content (AvgIpc) is 3.25. The number of hydrogen-bond donors (Lipinski definition) is 0. The van der Waals surface area contributed by atoms with Crippen molar-refractivity contribution in [1.82, 2.24) is 4.98 Å². The zero-order valence-corrected chi connectivity index (χ0v) is 14.0. The van der Waals surface area contributed by atoms with Crippen molar-refractivity contribution in [3.63, 3.8) is 0 Å². The van der Waals surface area contributed by atoms with Crippen LogP contribution in [0.25, 0.3) is 11.5 Å². The van der Waals surface area contributed by atoms with Gasteiger partial charge in [-0.3, -0.25) is 14.9 Å². The molecule has 4 rings (SSSR count). The van der Waals surface area contributed by atoms with Crippen LogP contribution >= 0.6 is 0 Å². The number of amides is 1. The van der Waals surface area contributed by atoms with E-state index >= 15 is 0 Å². The summed E-state index contributed by atoms with van der Waals surface area (Å²) in [6.07, 6.45) is 0.651. The number of aromatic nitrogens is 1. The number of aryl methyl sites for hydroxylation is 1. The maximum atomic E-state index is 13.0. The fourth-order valence-corrected chi connectivity index (χ4v) is 3.11. The first-order valence-electron chi connectivity index (χ1n) is 8.16. The fraction of sp³-hybridized carbons (Fsp3) is 0.158. The summed E-state index contributed by atoms with van der Waals surface area (Å²) in [6.45, 7) is 2.17. The first-order valence-corrected chi connectivity index (χ1v) is 8.16. The van der Waals surface area contributed by atoms with Crippen molar-refractivity contribution < 1.29 is 14.1 Å². The van der Waals surface area contributed by atoms with Gasteiger partial charge in [-0.2, -0.15) is 0 Å². The van der Waals surface area contributed by atoms with Gasteiger partial charge in [0.2, 0.25) is 11.7 Å². The van der Waals surface area contributed by atoms with E-state index in [1.165, 1.54) is 17.0 Å². The molecule has 1 amide bonds. The standard InChI is InChI=1S/C19H15N3O4/c1-12-17(26-18(20-12)14-5-3-2-4-6-14)19(23)21-10-9-13-7-8-15(22(24)25)11-16(13)21/h2-8,11H,9-10H2,1H3. The minimum atomic E-state index is -0.464. The minimum absolute atomic E-state index is 0.0392. The number of nitrogens with zero attached hydrogens (tertiary/aromatic N) is 3. The Morgan fingerprint density at radius 3 is 2.73 bits per heavy atom. The summed E-state index contributed by atoms with van der Waals surface area (Å²) in [7, 11) is 0. The summed E-state index contributed by atoms with van der Waals surface area (Å²) < 4.78 is 5.73. The number of nitro groups is 1. The third kappa shape index (κ3) is 2.63. The SMILES string of the molecule is Cc1nc(-c2ccccc2)oc1C(=O)N1CCc2ccc([N+](=O)[O-])cc21. The van der Waals surface area contributed by atoms with Crippen LogP contribution in [0.15, 0.2) is 52.9 Å². The van der Waals surface area contributed by atoms with Crippen LogP contribution in [-0.2, 0) is 6.42 Å². The monoisotopic (exact) mass is 349 g/mol. The van der Waals surface area contributed by atoms with Gasteiger partial charge in [0, 0.05) is 24.2 Å². The van der Waals surface area contributed by atoms with Crippen molar-refractivity contribution in [1.29, 1.82) is 0 Å². The van der Waals surface area contributed by atoms with Gasteiger partial charge < -0.3 is 9.32 Å². The quantitative estimate of drug-likeness (QED) is 0.530. The molecule has 1 aliphatic rings. The van der Waals surface area contributed by atoms with Crippen LogP contribution in [0.2, 0.25) is 0 Å². The second-order valence-electron chi connectivity index (χ2n) is 6.08. The van der Waals surface area contributed by atoms with Crippen LogP contribution in [0, 0.1) is 17.0 Å². The summed E-state index contributed by atoms with van der Waals surface area (Å²) >= 11 is 0. The van der Waals surface area contributed by atoms with Crippen molar-refractivity contribution in [2.24, 2.45) is 0 Å². The number of nitro benzene ring substituents is 1. The van der Waals surface area contributed by atoms with Gasteiger partial charge >= 0.3 is 0 Å². The maximum Gasteiger partial charge on any atom is 0.296 e. The Hall–Kier alpha value is -3.48. The molecule has 0 atom stereocenters. The van der Waals surface area contributed by atoms with Gasteiger partial charge in [-0.25, -0.2) is 4.98 Å². The van der Waals surface area contributed by atoms with Gasteiger partial charge in [-0.05, 0) is 31.0 Å². The molecule has 0 saturated heterocycles. The molecule has 26 heavy (non-hydrogen) atoms. The van der Waals surface area contributed by atoms with E-state index in [4.69, 9.17) is 4.42 Å². The molecule has 2 aromatic carbocycles. The van der Waals surface area contributed by atoms with Crippen molar-refractivity contribution >= 4 is 17.3 Å². The Balaban J connectivity index is 1.69. The van der Waals surface area contributed by atoms with Gasteiger partial charge in [-0.1, -0.05) is 24.3 Å². The molecule has 0 spiro atoms. The van der Waals surface area contributed by atoms with E-state index in [-0.39, 0.29) is 17.4 Å². The van der Waals surface area contributed by atoms with E-state index in [0.29, 0.717) is 30.2 Å². The highest BCUT2D eigenvalue weighted by molar-refractivity contribution is 6.06. The van der Waals surface area contributed by atoms with E-state index < -0.39 is 4.92 Å². The third-order valence-electron chi connectivity index (χ3n) is 4.43. The maximum absolute atomic E-state index is 13.0. The number of anilines is 1. The highest BCUT2D eigenvalue weighted by atomic mass is 16.6. The van der Waals surface area contributed by atoms with Crippen molar-refractivity contribution in [3.8, 4) is 11.5 Å². The van der Waals surface area contributed by atoms with E-state index in [0.717, 1.165) is 11.1 Å². The fourth-order valence-electron chi connectivity index (χ4n) is 3.11. The summed E-state index contributed by atoms with van der Waals surface area (Å²) in [5.74, 6) is 0.199. The molecule has 1 aromatic heterocycles. The predicted octanol–water partition coefficient (Wildman–Crippen LogP) is 3.76. The number of carbonyl (C=O) groups excluding carboxylic acids is 1. The van der Waals surface area contributed by atoms with Crippen molar-refractivity contribution in [2.45, 2.75) is 13.3 Å². The largest absolute Gasteiger partial charge is 0.431 e. The number of carbonyl (C=O) groups is 1. The lowest BCUT2D eigenvalue weighted by molar-refractivity contribution is -0.384. The molecule has 0 N–H and O–H groups in total. The number of benzene rings is 2. The van der Waals surface area contributed by atoms with Crippen LogP contribution in [0.3, 0.4) is 0 Å². The summed E-state index contributed by atoms with van der Waals surface area (Å²) in [5, 5.41) is 11.0. The first-order chi connectivity index (χ1) is 12.5. The molecule has 0 unspecified atom stereocenters. The molecule has 3 aromatic rings. The average molecular weight is 349 g/mol. The first kappa shape index (κ1) is 16.0. The van der Waals surface area contributed by atoms with E-state index in [1.807, 2.05) is 30.3 Å². The van der Waals surface area contributed by atoms with Gasteiger partial charge in [0.25, 0.3) is 11.6 Å². The molecule has 0 saturated carbocycles. The molecular formula is C19H15N3O4. The van der Waals surface area contributed by atoms with Crippen LogP contribution in [-0.4, -0.2) is 22.4 Å². The molecule has 7 heteroatoms. The smallest absolute Gasteiger partial charge is 0.296 e. The van der Waals surface area contributed by atoms with Crippen LogP contribution < -0.4 is 4.90 Å². The molecular weight excluding hydrogens is 334 g/mol. The van der Waals surface area contributed by atoms with Gasteiger partial charge in [0.05, 0.1) is 16.3 Å². The third-order valence-corrected chi connectivity index (χ3v) is 4.43. The lowest BCUT2D eigenvalue weighted by Crippen LogP contribution is -2.29. The van der Waals surface area contributed by atoms with Crippen LogP contribution in [0.4, 0.5) is 11.4 Å². The number of hydrogen-bond acceptors (Lipinski definition) is 5. The van der Waals surface area contributed by atoms with E-state index in [2.05, 4.69) is 4.98 Å². The Morgan fingerprint density at radius 2 is 2.00 bits per heavy atom. The number of fused-ring (bicyclic) bond motifs is 1. The molecule has 0 fully saturated rings. The molecule has 0 aliphatic carbocycles. The van der Waals surface area contributed by atoms with E-state index in [9.17, 15) is 14.9 Å². The predicted molar refractivity (Wildman–Crippen MR) is 95.2 cm³/mol. The Bertz CT molecular complexity index is 1010. The highest BCUT2D eigenvalue weighted by Crippen LogP contribution is 2.33. The molecule has 0 bridgehead atoms. The zero-order valence-electron chi connectivity index (χ0n) is 14.0. The van der Waals surface area contributed by atoms with Crippen molar-refractivity contribution in [2.75, 3.05) is 11.4 Å². The molecule has 0 radical (unpaired) electrons. The second-order valence-corrected chi connectivity index (χ2v) is 6.08. The lowest BCUT2D eigenvalue weighted by atomic mass is 10.1. The molecule has 2 heterocycles. The van der Waals surface area contributed by atoms with Gasteiger partial charge in [0.15, 0.2) is 0 Å². The van der Waals surface area contributed by atoms with Gasteiger partial charge in [0.1, 0.15) is 0 Å². The summed E-state index contributed by atoms with van der Waals surface area (Å²) in [5.41, 5.74) is 2.70. The number of non-ortho nitro benzene ring substituents is 1. The number of oxazole rings is 1. The molecule has 130 valence electrons. The normalized spacial score (nSPS) is 12.9. The Morgan fingerprint density at radius 1 is 1.23 bits per heavy atom. The molecule has 7 nitrogen and oxygen atoms in total. The number of rotatable bonds is 3. The van der Waals surface area contributed by atoms with Crippen molar-refractivity contribution in [3.05, 3.63) is 75.7 Å². The van der Waals surface area contributed by atoms with Crippen LogP contribution in [0.5, 0.6) is 0 Å². The van der Waals surface area contributed by atoms with E-state index in [1.54, 1.807) is 13.0 Å². The topological polar surface area (TPSA) is 89.5 Å². The van der Waals surface area contributed by atoms with Gasteiger partial charge in [-0.15, -0.1) is 0 Å². The lowest BCUT2D eigenvalue weighted by Gasteiger charge is -2.15.